The van der Waals surface area contributed by atoms with Gasteiger partial charge in [0.1, 0.15) is 12.0 Å². The fraction of sp³-hybridized carbons (Fsp3) is 0.250. The molecule has 52 valence electrons. The molecule has 1 aliphatic carbocycles. The highest BCUT2D eigenvalue weighted by molar-refractivity contribution is 9.10. The number of hydrogen-bond acceptors (Lipinski definition) is 1. The van der Waals surface area contributed by atoms with Crippen LogP contribution in [0.5, 0.6) is 0 Å². The topological polar surface area (TPSA) is 13.1 Å². The third-order valence-corrected chi connectivity index (χ3v) is 2.39. The predicted octanol–water partition coefficient (Wildman–Crippen LogP) is 3.00. The molecule has 0 spiro atoms. The van der Waals surface area contributed by atoms with Crippen molar-refractivity contribution in [1.82, 2.24) is 0 Å². The molecule has 1 aromatic rings. The molecule has 1 aromatic heterocycles. The van der Waals surface area contributed by atoms with Gasteiger partial charge in [0.2, 0.25) is 0 Å². The Morgan fingerprint density at radius 1 is 1.60 bits per heavy atom. The summed E-state index contributed by atoms with van der Waals surface area (Å²) in [5.41, 5.74) is 2.57. The molecule has 0 atom stereocenters. The van der Waals surface area contributed by atoms with Crippen molar-refractivity contribution in [3.05, 3.63) is 28.1 Å². The molecule has 0 saturated heterocycles. The van der Waals surface area contributed by atoms with Crippen LogP contribution in [0.25, 0.3) is 5.57 Å². The summed E-state index contributed by atoms with van der Waals surface area (Å²) in [5.74, 6) is 1.09. The average molecular weight is 199 g/mol. The zero-order valence-corrected chi connectivity index (χ0v) is 7.23. The standard InChI is InChI=1S/C8H7BrO/c1-5-2-3-7-8(5)6(9)4-10-7/h2,4H,3H2,1H3. The van der Waals surface area contributed by atoms with Gasteiger partial charge in [-0.1, -0.05) is 6.08 Å². The highest BCUT2D eigenvalue weighted by atomic mass is 79.9. The van der Waals surface area contributed by atoms with Gasteiger partial charge in [-0.3, -0.25) is 0 Å². The summed E-state index contributed by atoms with van der Waals surface area (Å²) in [4.78, 5) is 0. The zero-order chi connectivity index (χ0) is 7.14. The van der Waals surface area contributed by atoms with Crippen LogP contribution in [0.3, 0.4) is 0 Å². The third-order valence-electron chi connectivity index (χ3n) is 1.81. The average Bonchev–Trinajstić information content (AvgIpc) is 2.40. The van der Waals surface area contributed by atoms with Crippen molar-refractivity contribution in [2.45, 2.75) is 13.3 Å². The van der Waals surface area contributed by atoms with Gasteiger partial charge in [-0.2, -0.15) is 0 Å². The van der Waals surface area contributed by atoms with Crippen molar-refractivity contribution in [3.63, 3.8) is 0 Å². The van der Waals surface area contributed by atoms with Crippen molar-refractivity contribution < 1.29 is 4.42 Å². The molecular formula is C8H7BrO. The van der Waals surface area contributed by atoms with Crippen LogP contribution in [0.15, 0.2) is 21.2 Å². The van der Waals surface area contributed by atoms with Crippen molar-refractivity contribution in [2.75, 3.05) is 0 Å². The molecule has 0 amide bonds. The Morgan fingerprint density at radius 3 is 3.10 bits per heavy atom. The Balaban J connectivity index is 2.66. The van der Waals surface area contributed by atoms with E-state index in [0.717, 1.165) is 16.7 Å². The summed E-state index contributed by atoms with van der Waals surface area (Å²) in [6.45, 7) is 2.10. The van der Waals surface area contributed by atoms with E-state index in [4.69, 9.17) is 4.42 Å². The Labute approximate surface area is 67.9 Å². The molecule has 0 bridgehead atoms. The summed E-state index contributed by atoms with van der Waals surface area (Å²) in [6.07, 6.45) is 4.88. The molecule has 0 saturated carbocycles. The molecule has 0 aliphatic heterocycles. The third kappa shape index (κ3) is 0.686. The SMILES string of the molecule is CC1=CCc2occ(Br)c21. The molecule has 0 unspecified atom stereocenters. The van der Waals surface area contributed by atoms with E-state index in [9.17, 15) is 0 Å². The van der Waals surface area contributed by atoms with Gasteiger partial charge in [0.15, 0.2) is 0 Å². The first-order valence-electron chi connectivity index (χ1n) is 3.22. The summed E-state index contributed by atoms with van der Waals surface area (Å²) >= 11 is 3.42. The fourth-order valence-corrected chi connectivity index (χ4v) is 1.91. The normalized spacial score (nSPS) is 15.2. The molecule has 0 N–H and O–H groups in total. The monoisotopic (exact) mass is 198 g/mol. The van der Waals surface area contributed by atoms with Crippen molar-refractivity contribution in [2.24, 2.45) is 0 Å². The summed E-state index contributed by atoms with van der Waals surface area (Å²) in [6, 6.07) is 0. The molecule has 0 radical (unpaired) electrons. The van der Waals surface area contributed by atoms with Crippen LogP contribution in [0.2, 0.25) is 0 Å². The van der Waals surface area contributed by atoms with Gasteiger partial charge in [0, 0.05) is 12.0 Å². The second kappa shape index (κ2) is 1.99. The Kier molecular flexibility index (Phi) is 1.24. The lowest BCUT2D eigenvalue weighted by molar-refractivity contribution is 0.523. The molecule has 0 aromatic carbocycles. The van der Waals surface area contributed by atoms with Crippen LogP contribution in [-0.4, -0.2) is 0 Å². The predicted molar refractivity (Wildman–Crippen MR) is 43.8 cm³/mol. The van der Waals surface area contributed by atoms with Crippen LogP contribution >= 0.6 is 15.9 Å². The molecule has 1 aliphatic rings. The van der Waals surface area contributed by atoms with Crippen molar-refractivity contribution in [1.29, 1.82) is 0 Å². The zero-order valence-electron chi connectivity index (χ0n) is 5.65. The smallest absolute Gasteiger partial charge is 0.116 e. The summed E-state index contributed by atoms with van der Waals surface area (Å²) in [7, 11) is 0. The second-order valence-corrected chi connectivity index (χ2v) is 3.33. The molecule has 2 heteroatoms. The minimum atomic E-state index is 0.951. The highest BCUT2D eigenvalue weighted by Gasteiger charge is 2.17. The van der Waals surface area contributed by atoms with Crippen LogP contribution < -0.4 is 0 Å². The van der Waals surface area contributed by atoms with E-state index >= 15 is 0 Å². The summed E-state index contributed by atoms with van der Waals surface area (Å²) < 4.78 is 6.36. The second-order valence-electron chi connectivity index (χ2n) is 2.47. The first-order valence-corrected chi connectivity index (χ1v) is 4.01. The van der Waals surface area contributed by atoms with Gasteiger partial charge < -0.3 is 4.42 Å². The molecule has 1 heterocycles. The van der Waals surface area contributed by atoms with E-state index in [1.165, 1.54) is 11.1 Å². The number of rotatable bonds is 0. The van der Waals surface area contributed by atoms with E-state index in [1.54, 1.807) is 6.26 Å². The first kappa shape index (κ1) is 6.23. The maximum absolute atomic E-state index is 5.28. The first-order chi connectivity index (χ1) is 4.79. The number of hydrogen-bond donors (Lipinski definition) is 0. The lowest BCUT2D eigenvalue weighted by Crippen LogP contribution is -1.73. The van der Waals surface area contributed by atoms with Crippen LogP contribution in [0.4, 0.5) is 0 Å². The van der Waals surface area contributed by atoms with E-state index < -0.39 is 0 Å². The van der Waals surface area contributed by atoms with Crippen LogP contribution in [-0.2, 0) is 6.42 Å². The maximum Gasteiger partial charge on any atom is 0.116 e. The number of allylic oxidation sites excluding steroid dienone is 2. The van der Waals surface area contributed by atoms with Gasteiger partial charge in [-0.25, -0.2) is 0 Å². The van der Waals surface area contributed by atoms with E-state index in [2.05, 4.69) is 28.9 Å². The number of halogens is 1. The van der Waals surface area contributed by atoms with Crippen LogP contribution in [0, 0.1) is 0 Å². The minimum Gasteiger partial charge on any atom is -0.467 e. The fourth-order valence-electron chi connectivity index (χ4n) is 1.28. The minimum absolute atomic E-state index is 0.951. The van der Waals surface area contributed by atoms with Crippen LogP contribution in [0.1, 0.15) is 18.2 Å². The van der Waals surface area contributed by atoms with Crippen molar-refractivity contribution in [3.8, 4) is 0 Å². The Hall–Kier alpha value is -0.500. The maximum atomic E-state index is 5.28. The quantitative estimate of drug-likeness (QED) is 0.625. The van der Waals surface area contributed by atoms with Gasteiger partial charge >= 0.3 is 0 Å². The Morgan fingerprint density at radius 2 is 2.40 bits per heavy atom. The van der Waals surface area contributed by atoms with Gasteiger partial charge in [0.25, 0.3) is 0 Å². The van der Waals surface area contributed by atoms with Crippen molar-refractivity contribution >= 4 is 21.5 Å². The molecule has 1 nitrogen and oxygen atoms in total. The lowest BCUT2D eigenvalue weighted by Gasteiger charge is -1.90. The van der Waals surface area contributed by atoms with E-state index in [-0.39, 0.29) is 0 Å². The van der Waals surface area contributed by atoms with E-state index in [0.29, 0.717) is 0 Å². The summed E-state index contributed by atoms with van der Waals surface area (Å²) in [5, 5.41) is 0. The Bertz CT molecular complexity index is 296. The van der Waals surface area contributed by atoms with Gasteiger partial charge in [-0.15, -0.1) is 0 Å². The highest BCUT2D eigenvalue weighted by Crippen LogP contribution is 2.34. The number of fused-ring (bicyclic) bond motifs is 1. The molecule has 0 fully saturated rings. The molecular weight excluding hydrogens is 192 g/mol. The number of furan rings is 1. The largest absolute Gasteiger partial charge is 0.467 e. The van der Waals surface area contributed by atoms with Gasteiger partial charge in [0.05, 0.1) is 4.47 Å². The molecule has 10 heavy (non-hydrogen) atoms. The molecule has 2 rings (SSSR count). The lowest BCUT2D eigenvalue weighted by atomic mass is 10.2. The van der Waals surface area contributed by atoms with E-state index in [1.807, 2.05) is 0 Å². The van der Waals surface area contributed by atoms with Gasteiger partial charge in [-0.05, 0) is 28.4 Å².